The monoisotopic (exact) mass is 782 g/mol. The summed E-state index contributed by atoms with van der Waals surface area (Å²) in [7, 11) is 0. The van der Waals surface area contributed by atoms with Crippen molar-refractivity contribution in [2.45, 2.75) is 80.1 Å². The number of rotatable bonds is 10. The Hall–Kier alpha value is -1.94. The largest absolute Gasteiger partial charge is 0.461 e. The molecule has 0 N–H and O–H groups in total. The predicted octanol–water partition coefficient (Wildman–Crippen LogP) is 10.9. The van der Waals surface area contributed by atoms with Crippen LogP contribution in [0.5, 0.6) is 11.5 Å². The molecule has 0 atom stereocenters. The van der Waals surface area contributed by atoms with Crippen molar-refractivity contribution in [1.82, 2.24) is 0 Å². The van der Waals surface area contributed by atoms with Gasteiger partial charge in [0.15, 0.2) is 11.5 Å². The van der Waals surface area contributed by atoms with E-state index in [1.54, 1.807) is 0 Å². The van der Waals surface area contributed by atoms with Crippen LogP contribution in [0.25, 0.3) is 0 Å². The quantitative estimate of drug-likeness (QED) is 0.101. The van der Waals surface area contributed by atoms with E-state index in [0.717, 1.165) is 50.7 Å². The molecule has 262 valence electrons. The van der Waals surface area contributed by atoms with Gasteiger partial charge >= 0.3 is 23.9 Å². The number of carbonyl (C=O) groups is 4. The molecular formula is C34H36Cl6O8. The van der Waals surface area contributed by atoms with E-state index in [0.29, 0.717) is 0 Å². The van der Waals surface area contributed by atoms with Gasteiger partial charge in [0, 0.05) is 10.8 Å². The first-order valence-corrected chi connectivity index (χ1v) is 17.5. The Balaban J connectivity index is 1.54. The molecular weight excluding hydrogens is 749 g/mol. The Bertz CT molecular complexity index is 1530. The van der Waals surface area contributed by atoms with E-state index in [-0.39, 0.29) is 65.0 Å². The van der Waals surface area contributed by atoms with Crippen LogP contribution < -0.4 is 9.47 Å². The lowest BCUT2D eigenvalue weighted by molar-refractivity contribution is -0.156. The van der Waals surface area contributed by atoms with Gasteiger partial charge in [-0.25, -0.2) is 19.2 Å². The topological polar surface area (TPSA) is 105 Å². The molecule has 0 unspecified atom stereocenters. The molecule has 2 aromatic rings. The molecule has 14 heteroatoms. The second kappa shape index (κ2) is 14.4. The van der Waals surface area contributed by atoms with Crippen molar-refractivity contribution in [2.24, 2.45) is 21.7 Å². The summed E-state index contributed by atoms with van der Waals surface area (Å²) < 4.78 is 21.6. The fraction of sp³-hybridized carbons (Fsp3) is 0.529. The molecule has 0 amide bonds. The van der Waals surface area contributed by atoms with Gasteiger partial charge in [-0.15, -0.1) is 0 Å². The van der Waals surface area contributed by atoms with Crippen LogP contribution in [0.3, 0.4) is 0 Å². The molecule has 8 nitrogen and oxygen atoms in total. The van der Waals surface area contributed by atoms with Gasteiger partial charge in [-0.1, -0.05) is 111 Å². The molecule has 2 aliphatic carbocycles. The fourth-order valence-corrected chi connectivity index (χ4v) is 7.36. The Labute approximate surface area is 309 Å². The highest BCUT2D eigenvalue weighted by Gasteiger charge is 2.47. The number of carbonyl (C=O) groups excluding carboxylic acids is 4. The molecule has 2 saturated carbocycles. The zero-order valence-corrected chi connectivity index (χ0v) is 31.9. The van der Waals surface area contributed by atoms with E-state index >= 15 is 0 Å². The Kier molecular flexibility index (Phi) is 11.6. The van der Waals surface area contributed by atoms with Gasteiger partial charge in [-0.3, -0.25) is 0 Å². The fourth-order valence-electron chi connectivity index (χ4n) is 5.92. The number of esters is 4. The third-order valence-corrected chi connectivity index (χ3v) is 10.1. The maximum absolute atomic E-state index is 13.3. The number of hydrogen-bond donors (Lipinski definition) is 0. The smallest absolute Gasteiger partial charge is 0.423 e. The molecule has 4 rings (SSSR count). The maximum atomic E-state index is 13.3. The van der Waals surface area contributed by atoms with Gasteiger partial charge < -0.3 is 18.9 Å². The van der Waals surface area contributed by atoms with Gasteiger partial charge in [-0.05, 0) is 61.5 Å². The normalized spacial score (nSPS) is 16.2. The molecule has 0 saturated heterocycles. The van der Waals surface area contributed by atoms with E-state index in [4.69, 9.17) is 88.6 Å². The third-order valence-electron chi connectivity index (χ3n) is 7.96. The lowest BCUT2D eigenvalue weighted by atomic mass is 9.83. The van der Waals surface area contributed by atoms with Crippen LogP contribution in [0.1, 0.15) is 101 Å². The van der Waals surface area contributed by atoms with Crippen molar-refractivity contribution in [3.05, 3.63) is 53.4 Å². The summed E-state index contributed by atoms with van der Waals surface area (Å²) >= 11 is 37.6. The summed E-state index contributed by atoms with van der Waals surface area (Å²) in [5.74, 6) is -6.35. The van der Waals surface area contributed by atoms with Crippen LogP contribution in [-0.2, 0) is 19.1 Å². The second-order valence-corrected chi connectivity index (χ2v) is 17.5. The second-order valence-electron chi connectivity index (χ2n) is 15.1. The van der Waals surface area contributed by atoms with Gasteiger partial charge in [0.2, 0.25) is 0 Å². The first kappa shape index (κ1) is 38.9. The highest BCUT2D eigenvalue weighted by Crippen LogP contribution is 2.54. The molecule has 0 heterocycles. The van der Waals surface area contributed by atoms with Gasteiger partial charge in [-0.2, -0.15) is 0 Å². The van der Waals surface area contributed by atoms with Gasteiger partial charge in [0.05, 0.1) is 43.3 Å². The average molecular weight is 785 g/mol. The van der Waals surface area contributed by atoms with Gasteiger partial charge in [0.25, 0.3) is 0 Å². The minimum Gasteiger partial charge on any atom is -0.461 e. The molecule has 48 heavy (non-hydrogen) atoms. The summed E-state index contributed by atoms with van der Waals surface area (Å²) in [4.78, 5) is 52.7. The van der Waals surface area contributed by atoms with Crippen molar-refractivity contribution < 1.29 is 38.1 Å². The third kappa shape index (κ3) is 9.64. The molecule has 2 aromatic carbocycles. The van der Waals surface area contributed by atoms with E-state index in [1.165, 1.54) is 0 Å². The van der Waals surface area contributed by atoms with E-state index in [9.17, 15) is 19.2 Å². The summed E-state index contributed by atoms with van der Waals surface area (Å²) in [5, 5.41) is -1.47. The van der Waals surface area contributed by atoms with Crippen LogP contribution in [0, 0.1) is 21.7 Å². The molecule has 0 aromatic heterocycles. The molecule has 0 radical (unpaired) electrons. The van der Waals surface area contributed by atoms with Crippen LogP contribution in [0.4, 0.5) is 0 Å². The van der Waals surface area contributed by atoms with E-state index in [2.05, 4.69) is 41.5 Å². The Morgan fingerprint density at radius 1 is 0.583 bits per heavy atom. The Morgan fingerprint density at radius 3 is 1.17 bits per heavy atom. The van der Waals surface area contributed by atoms with Crippen LogP contribution in [0.15, 0.2) is 12.1 Å². The maximum Gasteiger partial charge on any atom is 0.423 e. The molecule has 0 aliphatic heterocycles. The SMILES string of the molecule is CC(C)(C)CC1(COC(=O)c2c(Cl)c(Cl)cc(Cl)c2OC(=O)C(=O)Oc2c(Cl)cc(Cl)c(Cl)c2C(=O)OCC2(CC(C)(C)C)CC2)CC1. The van der Waals surface area contributed by atoms with Gasteiger partial charge in [0.1, 0.15) is 11.1 Å². The van der Waals surface area contributed by atoms with Crippen molar-refractivity contribution in [2.75, 3.05) is 13.2 Å². The zero-order chi connectivity index (χ0) is 36.0. The highest BCUT2D eigenvalue weighted by atomic mass is 35.5. The molecule has 2 fully saturated rings. The number of benzene rings is 2. The molecule has 0 bridgehead atoms. The summed E-state index contributed by atoms with van der Waals surface area (Å²) in [6.07, 6.45) is 5.13. The predicted molar refractivity (Wildman–Crippen MR) is 186 cm³/mol. The van der Waals surface area contributed by atoms with Crippen molar-refractivity contribution in [1.29, 1.82) is 0 Å². The zero-order valence-electron chi connectivity index (χ0n) is 27.3. The minimum atomic E-state index is -1.64. The molecule has 2 aliphatic rings. The van der Waals surface area contributed by atoms with Crippen molar-refractivity contribution >= 4 is 93.5 Å². The van der Waals surface area contributed by atoms with E-state index in [1.807, 2.05) is 0 Å². The highest BCUT2D eigenvalue weighted by molar-refractivity contribution is 6.47. The number of halogens is 6. The Morgan fingerprint density at radius 2 is 0.896 bits per heavy atom. The van der Waals surface area contributed by atoms with Crippen LogP contribution >= 0.6 is 69.6 Å². The lowest BCUT2D eigenvalue weighted by Crippen LogP contribution is -2.28. The van der Waals surface area contributed by atoms with Crippen LogP contribution in [-0.4, -0.2) is 37.1 Å². The first-order valence-electron chi connectivity index (χ1n) is 15.2. The average Bonchev–Trinajstić information content (AvgIpc) is 3.89. The molecule has 0 spiro atoms. The summed E-state index contributed by atoms with van der Waals surface area (Å²) in [6.45, 7) is 12.7. The number of ether oxygens (including phenoxy) is 4. The number of hydrogen-bond acceptors (Lipinski definition) is 8. The van der Waals surface area contributed by atoms with E-state index < -0.39 is 46.5 Å². The summed E-state index contributed by atoms with van der Waals surface area (Å²) in [6, 6.07) is 2.27. The summed E-state index contributed by atoms with van der Waals surface area (Å²) in [5.41, 5.74) is -1.28. The first-order chi connectivity index (χ1) is 22.1. The standard InChI is InChI=1S/C34H36Cl6O8/c1-31(2,3)13-33(7-8-33)15-45-27(41)21-23(39)17(35)11-19(37)25(21)47-29(43)30(44)48-26-20(38)12-18(36)24(40)22(26)28(42)46-16-34(9-10-34)14-32(4,5)6/h11-12H,7-10,13-16H2,1-6H3. The van der Waals surface area contributed by atoms with Crippen molar-refractivity contribution in [3.8, 4) is 11.5 Å². The van der Waals surface area contributed by atoms with Crippen molar-refractivity contribution in [3.63, 3.8) is 0 Å². The minimum absolute atomic E-state index is 0.000414. The van der Waals surface area contributed by atoms with Crippen LogP contribution in [0.2, 0.25) is 30.1 Å². The lowest BCUT2D eigenvalue weighted by Gasteiger charge is -2.25.